The first-order chi connectivity index (χ1) is 22.1. The second kappa shape index (κ2) is 22.8. The number of anilines is 7. The van der Waals surface area contributed by atoms with E-state index in [1.807, 2.05) is 0 Å². The predicted octanol–water partition coefficient (Wildman–Crippen LogP) is -6.57. The van der Waals surface area contributed by atoms with E-state index in [1.54, 1.807) is 42.5 Å². The van der Waals surface area contributed by atoms with Crippen molar-refractivity contribution in [1.82, 2.24) is 15.0 Å². The predicted molar refractivity (Wildman–Crippen MR) is 168 cm³/mol. The molecular weight excluding hydrogens is 664 g/mol. The van der Waals surface area contributed by atoms with Crippen molar-refractivity contribution in [3.8, 4) is 0 Å². The first-order valence-electron chi connectivity index (χ1n) is 13.5. The molecule has 0 bridgehead atoms. The zero-order valence-electron chi connectivity index (χ0n) is 26.1. The number of aliphatic hydroxyl groups excluding tert-OH is 4. The van der Waals surface area contributed by atoms with Gasteiger partial charge in [-0.25, -0.2) is 13.4 Å². The number of nitrogens with zero attached hydrogens (tertiary/aromatic N) is 4. The molecular formula is C25H33Li2N9O10S2. The van der Waals surface area contributed by atoms with Crippen LogP contribution in [0.15, 0.2) is 47.5 Å². The van der Waals surface area contributed by atoms with Gasteiger partial charge in [0.1, 0.15) is 0 Å². The molecule has 0 radical (unpaired) electrons. The van der Waals surface area contributed by atoms with E-state index in [2.05, 4.69) is 55.9 Å². The summed E-state index contributed by atoms with van der Waals surface area (Å²) in [5.41, 5.74) is 2.88. The second-order valence-corrected chi connectivity index (χ2v) is 11.5. The van der Waals surface area contributed by atoms with Crippen LogP contribution in [-0.2, 0) is 19.5 Å². The van der Waals surface area contributed by atoms with Crippen molar-refractivity contribution < 1.29 is 85.7 Å². The number of nitrogens with one attached hydrogen (secondary N) is 5. The van der Waals surface area contributed by atoms with Gasteiger partial charge in [0, 0.05) is 66.3 Å². The first-order valence-corrected chi connectivity index (χ1v) is 15.9. The summed E-state index contributed by atoms with van der Waals surface area (Å²) in [5, 5.41) is 65.6. The molecule has 1 aromatic heterocycles. The minimum atomic E-state index is -4.41. The number of rotatable bonds is 21. The molecule has 0 saturated carbocycles. The Labute approximate surface area is 304 Å². The Bertz CT molecular complexity index is 1520. The van der Waals surface area contributed by atoms with E-state index in [1.165, 1.54) is 6.21 Å². The molecule has 3 aromatic rings. The fourth-order valence-corrected chi connectivity index (χ4v) is 4.07. The zero-order valence-corrected chi connectivity index (χ0v) is 27.7. The van der Waals surface area contributed by atoms with Gasteiger partial charge in [0.2, 0.25) is 11.9 Å². The molecule has 0 amide bonds. The van der Waals surface area contributed by atoms with Gasteiger partial charge >= 0.3 is 37.7 Å². The van der Waals surface area contributed by atoms with Crippen molar-refractivity contribution in [3.63, 3.8) is 0 Å². The maximum absolute atomic E-state index is 11.0. The van der Waals surface area contributed by atoms with Gasteiger partial charge in [0.25, 0.3) is 5.95 Å². The summed E-state index contributed by atoms with van der Waals surface area (Å²) in [5.74, 6) is -0.276. The average molecular weight is 698 g/mol. The molecule has 0 aliphatic rings. The Kier molecular flexibility index (Phi) is 20.6. The molecule has 3 rings (SSSR count). The molecule has 23 heteroatoms. The molecule has 19 nitrogen and oxygen atoms in total. The Morgan fingerprint density at radius 1 is 0.833 bits per heavy atom. The molecule has 2 unspecified atom stereocenters. The smallest absolute Gasteiger partial charge is 0.748 e. The Morgan fingerprint density at radius 2 is 1.40 bits per heavy atom. The van der Waals surface area contributed by atoms with E-state index in [4.69, 9.17) is 10.2 Å². The third-order valence-electron chi connectivity index (χ3n) is 5.55. The Balaban J connectivity index is 0.00000576. The van der Waals surface area contributed by atoms with Crippen LogP contribution in [0.3, 0.4) is 0 Å². The van der Waals surface area contributed by atoms with Crippen molar-refractivity contribution in [2.45, 2.75) is 12.2 Å². The molecule has 0 saturated heterocycles. The van der Waals surface area contributed by atoms with E-state index in [9.17, 15) is 28.4 Å². The Morgan fingerprint density at radius 3 is 2.00 bits per heavy atom. The summed E-state index contributed by atoms with van der Waals surface area (Å²) >= 11 is 0.700. The molecule has 0 spiro atoms. The quantitative estimate of drug-likeness (QED) is 0.00951. The monoisotopic (exact) mass is 697 g/mol. The molecule has 0 fully saturated rings. The van der Waals surface area contributed by atoms with E-state index in [0.717, 1.165) is 0 Å². The van der Waals surface area contributed by atoms with Gasteiger partial charge in [-0.15, -0.1) is 0 Å². The third-order valence-corrected chi connectivity index (χ3v) is 6.69. The van der Waals surface area contributed by atoms with Crippen molar-refractivity contribution in [1.29, 1.82) is 0 Å². The third kappa shape index (κ3) is 17.1. The van der Waals surface area contributed by atoms with Crippen molar-refractivity contribution in [2.24, 2.45) is 4.99 Å². The largest absolute Gasteiger partial charge is 1.00 e. The molecule has 252 valence electrons. The van der Waals surface area contributed by atoms with E-state index in [0.29, 0.717) is 40.5 Å². The van der Waals surface area contributed by atoms with Crippen LogP contribution in [0.4, 0.5) is 46.3 Å². The molecule has 9 N–H and O–H groups in total. The summed E-state index contributed by atoms with van der Waals surface area (Å²) in [4.78, 5) is 16.7. The fourth-order valence-electron chi connectivity index (χ4n) is 3.48. The molecule has 1 heterocycles. The number of aliphatic imine (C=N–C) groups is 1. The van der Waals surface area contributed by atoms with Gasteiger partial charge in [-0.05, 0) is 42.5 Å². The van der Waals surface area contributed by atoms with Gasteiger partial charge < -0.3 is 56.8 Å². The van der Waals surface area contributed by atoms with E-state index in [-0.39, 0.29) is 81.0 Å². The van der Waals surface area contributed by atoms with Gasteiger partial charge in [0.15, 0.2) is 0 Å². The normalized spacial score (nSPS) is 12.4. The summed E-state index contributed by atoms with van der Waals surface area (Å²) in [6, 6.07) is 12.1. The molecule has 2 aromatic carbocycles. The maximum Gasteiger partial charge on any atom is 1.00 e. The molecule has 0 aliphatic carbocycles. The van der Waals surface area contributed by atoms with E-state index >= 15 is 0 Å². The van der Waals surface area contributed by atoms with Gasteiger partial charge in [-0.3, -0.25) is 5.04 Å². The summed E-state index contributed by atoms with van der Waals surface area (Å²) in [7, 11) is -4.41. The summed E-state index contributed by atoms with van der Waals surface area (Å²) in [6.07, 6.45) is -0.671. The Hall–Kier alpha value is -2.71. The summed E-state index contributed by atoms with van der Waals surface area (Å²) < 4.78 is 37.1. The SMILES string of the molecule is O=S(=O)([O-])CCNc1cc(NCC(O)CO)cc(Nc2ccc(Nc3nc(/N=C\CSOO[O-])nc(NCC(O)CO)n3)cc2)c1.[Li+].[Li+]. The van der Waals surface area contributed by atoms with E-state index < -0.39 is 41.3 Å². The van der Waals surface area contributed by atoms with Crippen LogP contribution in [0.2, 0.25) is 0 Å². The first kappa shape index (κ1) is 43.3. The number of aromatic nitrogens is 3. The minimum Gasteiger partial charge on any atom is -0.748 e. The zero-order chi connectivity index (χ0) is 33.4. The van der Waals surface area contributed by atoms with Crippen molar-refractivity contribution >= 4 is 74.7 Å². The van der Waals surface area contributed by atoms with Crippen LogP contribution in [0.5, 0.6) is 0 Å². The number of aliphatic hydroxyl groups is 4. The number of hydrogen-bond donors (Lipinski definition) is 9. The minimum absolute atomic E-state index is 0. The van der Waals surface area contributed by atoms with Crippen LogP contribution < -0.4 is 69.6 Å². The van der Waals surface area contributed by atoms with Crippen LogP contribution in [0, 0.1) is 0 Å². The van der Waals surface area contributed by atoms with Crippen LogP contribution in [0.1, 0.15) is 0 Å². The molecule has 0 aliphatic heterocycles. The second-order valence-electron chi connectivity index (χ2n) is 9.26. The molecule has 2 atom stereocenters. The molecule has 48 heavy (non-hydrogen) atoms. The van der Waals surface area contributed by atoms with Crippen LogP contribution in [0.25, 0.3) is 0 Å². The van der Waals surface area contributed by atoms with Crippen LogP contribution in [-0.4, -0.2) is 111 Å². The number of benzene rings is 2. The standard InChI is InChI=1S/C25H35N9O10S2.2Li/c35-14-21(37)12-28-19-9-18(26-6-8-46(40,41)42)10-20(11-19)30-16-1-3-17(4-2-16)31-25-33-23(27-5-7-45-44-43-39)32-24(34-25)29-13-22(38)15-36;;/h1-5,9-11,21-22,26,28,30,35-39H,6-8,12-15H2,(H,40,41,42)(H2,29,31,32,33,34);;/q;2*+1/p-2/b27-5-;;. The van der Waals surface area contributed by atoms with Crippen molar-refractivity contribution in [3.05, 3.63) is 42.5 Å². The fraction of sp³-hybridized carbons (Fsp3) is 0.360. The van der Waals surface area contributed by atoms with Crippen molar-refractivity contribution in [2.75, 3.05) is 70.9 Å². The van der Waals surface area contributed by atoms with Crippen LogP contribution >= 0.6 is 12.0 Å². The maximum atomic E-state index is 11.0. The van der Waals surface area contributed by atoms with Gasteiger partial charge in [0.05, 0.1) is 47.0 Å². The topological polar surface area (TPSA) is 291 Å². The van der Waals surface area contributed by atoms with Gasteiger partial charge in [-0.2, -0.15) is 19.3 Å². The van der Waals surface area contributed by atoms with Gasteiger partial charge in [-0.1, -0.05) is 0 Å². The summed E-state index contributed by atoms with van der Waals surface area (Å²) in [6.45, 7) is -0.995. The number of hydrogen-bond acceptors (Lipinski definition) is 20. The average Bonchev–Trinajstić information content (AvgIpc) is 3.02.